The van der Waals surface area contributed by atoms with E-state index in [1.54, 1.807) is 0 Å². The summed E-state index contributed by atoms with van der Waals surface area (Å²) < 4.78 is 0. The van der Waals surface area contributed by atoms with Gasteiger partial charge in [0.25, 0.3) is 0 Å². The van der Waals surface area contributed by atoms with Crippen molar-refractivity contribution in [2.24, 2.45) is 10.7 Å². The van der Waals surface area contributed by atoms with Crippen LogP contribution in [0.5, 0.6) is 0 Å². The first-order valence-corrected chi connectivity index (χ1v) is 10.1. The van der Waals surface area contributed by atoms with Crippen molar-refractivity contribution in [1.29, 1.82) is 0 Å². The Hall–Kier alpha value is -1.34. The lowest BCUT2D eigenvalue weighted by Crippen LogP contribution is -2.49. The van der Waals surface area contributed by atoms with Gasteiger partial charge in [0.05, 0.1) is 6.54 Å². The molecule has 1 amide bonds. The maximum Gasteiger partial charge on any atom is 0.231 e. The average molecular weight is 369 g/mol. The number of carbonyl (C=O) groups excluding carboxylic acids is 1. The van der Waals surface area contributed by atoms with Crippen molar-refractivity contribution in [3.8, 4) is 0 Å². The first kappa shape index (κ1) is 22.7. The number of aliphatic imine (C=N–C) groups is 1. The molecule has 26 heavy (non-hydrogen) atoms. The Bertz CT molecular complexity index is 422. The van der Waals surface area contributed by atoms with Crippen molar-refractivity contribution in [3.63, 3.8) is 0 Å². The van der Waals surface area contributed by atoms with Crippen molar-refractivity contribution in [2.75, 3.05) is 39.3 Å². The highest BCUT2D eigenvalue weighted by Crippen LogP contribution is 2.10. The molecular formula is C19H40N6O. The quantitative estimate of drug-likeness (QED) is 0.304. The molecule has 7 heteroatoms. The molecule has 1 heterocycles. The zero-order valence-electron chi connectivity index (χ0n) is 17.4. The number of nitrogens with two attached hydrogens (primary N) is 1. The molecule has 0 radical (unpaired) electrons. The lowest BCUT2D eigenvalue weighted by molar-refractivity contribution is -0.119. The number of guanidine groups is 1. The van der Waals surface area contributed by atoms with E-state index in [0.29, 0.717) is 24.7 Å². The number of nitrogens with one attached hydrogen (secondary N) is 2. The normalized spacial score (nSPS) is 17.3. The van der Waals surface area contributed by atoms with Gasteiger partial charge in [-0.15, -0.1) is 0 Å². The largest absolute Gasteiger partial charge is 0.369 e. The Labute approximate surface area is 159 Å². The SMILES string of the molecule is CCNC(=NCCCN(C(C)C)C(C)C)NC1CCN(CC(N)=O)CC1. The minimum Gasteiger partial charge on any atom is -0.369 e. The highest BCUT2D eigenvalue weighted by molar-refractivity contribution is 5.80. The van der Waals surface area contributed by atoms with Crippen LogP contribution in [-0.2, 0) is 4.79 Å². The molecule has 0 aromatic heterocycles. The molecule has 0 unspecified atom stereocenters. The molecule has 4 N–H and O–H groups in total. The van der Waals surface area contributed by atoms with E-state index in [4.69, 9.17) is 10.7 Å². The first-order valence-electron chi connectivity index (χ1n) is 10.1. The van der Waals surface area contributed by atoms with Crippen molar-refractivity contribution >= 4 is 11.9 Å². The van der Waals surface area contributed by atoms with Crippen LogP contribution in [0, 0.1) is 0 Å². The number of piperidine rings is 1. The number of nitrogens with zero attached hydrogens (tertiary/aromatic N) is 3. The monoisotopic (exact) mass is 368 g/mol. The van der Waals surface area contributed by atoms with Crippen LogP contribution in [0.4, 0.5) is 0 Å². The Balaban J connectivity index is 2.41. The maximum absolute atomic E-state index is 11.0. The zero-order valence-corrected chi connectivity index (χ0v) is 17.4. The smallest absolute Gasteiger partial charge is 0.231 e. The predicted octanol–water partition coefficient (Wildman–Crippen LogP) is 1.00. The number of hydrogen-bond acceptors (Lipinski definition) is 4. The number of primary amides is 1. The third kappa shape index (κ3) is 8.85. The van der Waals surface area contributed by atoms with Gasteiger partial charge in [-0.05, 0) is 53.9 Å². The molecular weight excluding hydrogens is 328 g/mol. The molecule has 1 rings (SSSR count). The summed E-state index contributed by atoms with van der Waals surface area (Å²) in [6, 6.07) is 1.53. The van der Waals surface area contributed by atoms with Gasteiger partial charge in [-0.25, -0.2) is 0 Å². The summed E-state index contributed by atoms with van der Waals surface area (Å²) >= 11 is 0. The first-order chi connectivity index (χ1) is 12.3. The molecule has 0 spiro atoms. The van der Waals surface area contributed by atoms with Crippen molar-refractivity contribution in [1.82, 2.24) is 20.4 Å². The van der Waals surface area contributed by atoms with Crippen LogP contribution in [0.25, 0.3) is 0 Å². The van der Waals surface area contributed by atoms with Gasteiger partial charge >= 0.3 is 0 Å². The standard InChI is InChI=1S/C19H40N6O/c1-6-21-19(22-10-7-11-25(15(2)3)16(4)5)23-17-8-12-24(13-9-17)14-18(20)26/h15-17H,6-14H2,1-5H3,(H2,20,26)(H2,21,22,23). The molecule has 1 aliphatic heterocycles. The van der Waals surface area contributed by atoms with Crippen molar-refractivity contribution in [3.05, 3.63) is 0 Å². The Morgan fingerprint density at radius 2 is 1.85 bits per heavy atom. The minimum atomic E-state index is -0.247. The molecule has 1 fully saturated rings. The lowest BCUT2D eigenvalue weighted by Gasteiger charge is -2.32. The van der Waals surface area contributed by atoms with E-state index in [9.17, 15) is 4.79 Å². The number of carbonyl (C=O) groups is 1. The third-order valence-corrected chi connectivity index (χ3v) is 4.82. The van der Waals surface area contributed by atoms with E-state index < -0.39 is 0 Å². The molecule has 0 aromatic rings. The van der Waals surface area contributed by atoms with Gasteiger partial charge in [-0.2, -0.15) is 0 Å². The van der Waals surface area contributed by atoms with E-state index in [1.807, 2.05) is 0 Å². The fourth-order valence-corrected chi connectivity index (χ4v) is 3.53. The Kier molecular flexibility index (Phi) is 10.6. The molecule has 1 aliphatic rings. The van der Waals surface area contributed by atoms with Gasteiger partial charge in [0.15, 0.2) is 5.96 Å². The van der Waals surface area contributed by atoms with Gasteiger partial charge in [0.1, 0.15) is 0 Å². The van der Waals surface area contributed by atoms with Crippen LogP contribution in [0.15, 0.2) is 4.99 Å². The molecule has 7 nitrogen and oxygen atoms in total. The molecule has 0 aromatic carbocycles. The van der Waals surface area contributed by atoms with E-state index >= 15 is 0 Å². The third-order valence-electron chi connectivity index (χ3n) is 4.82. The van der Waals surface area contributed by atoms with Gasteiger partial charge < -0.3 is 16.4 Å². The van der Waals surface area contributed by atoms with Crippen LogP contribution >= 0.6 is 0 Å². The fraction of sp³-hybridized carbons (Fsp3) is 0.895. The number of hydrogen-bond donors (Lipinski definition) is 3. The summed E-state index contributed by atoms with van der Waals surface area (Å²) in [5.41, 5.74) is 5.28. The van der Waals surface area contributed by atoms with Crippen LogP contribution < -0.4 is 16.4 Å². The number of likely N-dealkylation sites (tertiary alicyclic amines) is 1. The maximum atomic E-state index is 11.0. The second kappa shape index (κ2) is 12.1. The molecule has 0 atom stereocenters. The summed E-state index contributed by atoms with van der Waals surface area (Å²) in [5, 5.41) is 6.89. The summed E-state index contributed by atoms with van der Waals surface area (Å²) in [6.07, 6.45) is 3.07. The fourth-order valence-electron chi connectivity index (χ4n) is 3.53. The minimum absolute atomic E-state index is 0.247. The second-order valence-corrected chi connectivity index (χ2v) is 7.70. The lowest BCUT2D eigenvalue weighted by atomic mass is 10.1. The van der Waals surface area contributed by atoms with Crippen LogP contribution in [0.3, 0.4) is 0 Å². The Morgan fingerprint density at radius 1 is 1.23 bits per heavy atom. The van der Waals surface area contributed by atoms with E-state index in [0.717, 1.165) is 57.9 Å². The number of rotatable bonds is 10. The summed E-state index contributed by atoms with van der Waals surface area (Å²) in [7, 11) is 0. The molecule has 0 saturated carbocycles. The van der Waals surface area contributed by atoms with E-state index in [2.05, 4.69) is 55.1 Å². The zero-order chi connectivity index (χ0) is 19.5. The summed E-state index contributed by atoms with van der Waals surface area (Å²) in [6.45, 7) is 16.0. The van der Waals surface area contributed by atoms with Gasteiger partial charge in [-0.1, -0.05) is 0 Å². The molecule has 0 aliphatic carbocycles. The van der Waals surface area contributed by atoms with Crippen LogP contribution in [0.2, 0.25) is 0 Å². The topological polar surface area (TPSA) is 86.0 Å². The molecule has 1 saturated heterocycles. The van der Waals surface area contributed by atoms with Gasteiger partial charge in [-0.3, -0.25) is 19.6 Å². The second-order valence-electron chi connectivity index (χ2n) is 7.70. The van der Waals surface area contributed by atoms with Gasteiger partial charge in [0.2, 0.25) is 5.91 Å². The average Bonchev–Trinajstić information content (AvgIpc) is 2.55. The molecule has 0 bridgehead atoms. The number of amides is 1. The summed E-state index contributed by atoms with van der Waals surface area (Å²) in [5.74, 6) is 0.657. The van der Waals surface area contributed by atoms with E-state index in [1.165, 1.54) is 0 Å². The Morgan fingerprint density at radius 3 is 2.35 bits per heavy atom. The summed E-state index contributed by atoms with van der Waals surface area (Å²) in [4.78, 5) is 20.4. The van der Waals surface area contributed by atoms with E-state index in [-0.39, 0.29) is 5.91 Å². The van der Waals surface area contributed by atoms with Crippen molar-refractivity contribution < 1.29 is 4.79 Å². The van der Waals surface area contributed by atoms with Crippen LogP contribution in [-0.4, -0.2) is 79.1 Å². The van der Waals surface area contributed by atoms with Gasteiger partial charge in [0, 0.05) is 50.8 Å². The molecule has 152 valence electrons. The van der Waals surface area contributed by atoms with Crippen LogP contribution in [0.1, 0.15) is 53.9 Å². The highest BCUT2D eigenvalue weighted by Gasteiger charge is 2.20. The highest BCUT2D eigenvalue weighted by atomic mass is 16.1. The predicted molar refractivity (Wildman–Crippen MR) is 109 cm³/mol. The van der Waals surface area contributed by atoms with Crippen molar-refractivity contribution in [2.45, 2.75) is 72.0 Å².